The van der Waals surface area contributed by atoms with Gasteiger partial charge in [-0.25, -0.2) is 15.0 Å². The Morgan fingerprint density at radius 2 is 2.03 bits per heavy atom. The Hall–Kier alpha value is -1.97. The number of carbonyl (C=O) groups is 1. The molecule has 0 aromatic carbocycles. The number of nitrogens with zero attached hydrogens (tertiary/aromatic N) is 4. The molecule has 3 aromatic heterocycles. The van der Waals surface area contributed by atoms with E-state index in [1.165, 1.54) is 48.2 Å². The van der Waals surface area contributed by atoms with Crippen molar-refractivity contribution in [3.8, 4) is 0 Å². The van der Waals surface area contributed by atoms with Crippen molar-refractivity contribution in [2.75, 3.05) is 38.3 Å². The van der Waals surface area contributed by atoms with Crippen molar-refractivity contribution in [3.05, 3.63) is 17.5 Å². The van der Waals surface area contributed by atoms with Gasteiger partial charge in [-0.1, -0.05) is 18.7 Å². The summed E-state index contributed by atoms with van der Waals surface area (Å²) in [7, 11) is 1.43. The molecule has 0 spiro atoms. The number of aryl methyl sites for hydroxylation is 1. The van der Waals surface area contributed by atoms with Gasteiger partial charge in [0.05, 0.1) is 30.5 Å². The van der Waals surface area contributed by atoms with E-state index in [1.807, 2.05) is 6.92 Å². The molecule has 31 heavy (non-hydrogen) atoms. The van der Waals surface area contributed by atoms with Gasteiger partial charge in [-0.3, -0.25) is 4.79 Å². The zero-order chi connectivity index (χ0) is 21.4. The van der Waals surface area contributed by atoms with Crippen LogP contribution in [-0.4, -0.2) is 59.6 Å². The van der Waals surface area contributed by atoms with Crippen molar-refractivity contribution in [1.29, 1.82) is 0 Å². The minimum absolute atomic E-state index is 0.217. The van der Waals surface area contributed by atoms with Crippen LogP contribution in [0, 0.1) is 0 Å². The van der Waals surface area contributed by atoms with Crippen LogP contribution in [0.25, 0.3) is 20.4 Å². The fraction of sp³-hybridized carbons (Fsp3) is 0.545. The average Bonchev–Trinajstić information content (AvgIpc) is 3.21. The van der Waals surface area contributed by atoms with Crippen LogP contribution in [-0.2, 0) is 27.1 Å². The molecule has 9 heteroatoms. The standard InChI is InChI=1S/C22H26N4O3S2/c1-3-15(22(27)28-2)30-21-18-17(23-12-24-21)16-13-6-4-5-7-14(13)19(25-20(16)31-18)26-8-10-29-11-9-26/h12,15H,3-11H2,1-2H3. The van der Waals surface area contributed by atoms with E-state index in [2.05, 4.69) is 14.9 Å². The molecule has 1 unspecified atom stereocenters. The number of rotatable bonds is 5. The Morgan fingerprint density at radius 1 is 1.26 bits per heavy atom. The normalized spacial score (nSPS) is 17.7. The lowest BCUT2D eigenvalue weighted by Crippen LogP contribution is -2.37. The van der Waals surface area contributed by atoms with E-state index in [-0.39, 0.29) is 11.2 Å². The highest BCUT2D eigenvalue weighted by Gasteiger charge is 2.27. The Labute approximate surface area is 189 Å². The smallest absolute Gasteiger partial charge is 0.319 e. The number of hydrogen-bond acceptors (Lipinski definition) is 9. The number of ether oxygens (including phenoxy) is 2. The summed E-state index contributed by atoms with van der Waals surface area (Å²) in [4.78, 5) is 29.9. The number of thiophene rings is 1. The van der Waals surface area contributed by atoms with Gasteiger partial charge >= 0.3 is 5.97 Å². The number of morpholine rings is 1. The molecule has 0 N–H and O–H groups in total. The molecule has 0 amide bonds. The van der Waals surface area contributed by atoms with Crippen LogP contribution < -0.4 is 4.90 Å². The van der Waals surface area contributed by atoms with Crippen molar-refractivity contribution in [3.63, 3.8) is 0 Å². The van der Waals surface area contributed by atoms with Crippen LogP contribution in [0.2, 0.25) is 0 Å². The summed E-state index contributed by atoms with van der Waals surface area (Å²) in [6.07, 6.45) is 6.82. The molecule has 7 nitrogen and oxygen atoms in total. The van der Waals surface area contributed by atoms with Crippen molar-refractivity contribution in [1.82, 2.24) is 15.0 Å². The molecule has 3 aromatic rings. The average molecular weight is 459 g/mol. The van der Waals surface area contributed by atoms with Crippen LogP contribution in [0.1, 0.15) is 37.3 Å². The fourth-order valence-corrected chi connectivity index (χ4v) is 6.75. The molecule has 1 aliphatic carbocycles. The molecule has 5 rings (SSSR count). The van der Waals surface area contributed by atoms with Crippen molar-refractivity contribution < 1.29 is 14.3 Å². The van der Waals surface area contributed by atoms with Gasteiger partial charge in [-0.05, 0) is 43.2 Å². The molecule has 0 bridgehead atoms. The number of esters is 1. The number of anilines is 1. The van der Waals surface area contributed by atoms with Gasteiger partial charge in [0.15, 0.2) is 0 Å². The number of methoxy groups -OCH3 is 1. The van der Waals surface area contributed by atoms with E-state index in [9.17, 15) is 4.79 Å². The predicted molar refractivity (Wildman–Crippen MR) is 124 cm³/mol. The van der Waals surface area contributed by atoms with Gasteiger partial charge in [-0.2, -0.15) is 0 Å². The van der Waals surface area contributed by atoms with Gasteiger partial charge in [0.2, 0.25) is 0 Å². The van der Waals surface area contributed by atoms with E-state index in [0.717, 1.165) is 65.0 Å². The molecule has 1 atom stereocenters. The van der Waals surface area contributed by atoms with Crippen LogP contribution in [0.3, 0.4) is 0 Å². The maximum atomic E-state index is 12.2. The summed E-state index contributed by atoms with van der Waals surface area (Å²) in [5.41, 5.74) is 3.75. The topological polar surface area (TPSA) is 77.4 Å². The predicted octanol–water partition coefficient (Wildman–Crippen LogP) is 4.00. The second kappa shape index (κ2) is 8.88. The summed E-state index contributed by atoms with van der Waals surface area (Å²) in [6, 6.07) is 0. The molecule has 164 valence electrons. The van der Waals surface area contributed by atoms with Gasteiger partial charge in [-0.15, -0.1) is 11.3 Å². The number of aromatic nitrogens is 3. The van der Waals surface area contributed by atoms with Crippen LogP contribution in [0.5, 0.6) is 0 Å². The molecular weight excluding hydrogens is 432 g/mol. The third-order valence-corrected chi connectivity index (χ3v) is 8.62. The van der Waals surface area contributed by atoms with Crippen molar-refractivity contribution in [2.45, 2.75) is 49.3 Å². The first kappa shape index (κ1) is 20.9. The molecular formula is C22H26N4O3S2. The van der Waals surface area contributed by atoms with E-state index < -0.39 is 0 Å². The number of pyridine rings is 1. The van der Waals surface area contributed by atoms with Gasteiger partial charge in [0, 0.05) is 18.5 Å². The van der Waals surface area contributed by atoms with Gasteiger partial charge in [0.25, 0.3) is 0 Å². The number of thioether (sulfide) groups is 1. The molecule has 1 fully saturated rings. The quantitative estimate of drug-likeness (QED) is 0.323. The molecule has 0 saturated carbocycles. The van der Waals surface area contributed by atoms with Crippen LogP contribution >= 0.6 is 23.1 Å². The lowest BCUT2D eigenvalue weighted by atomic mass is 9.90. The minimum Gasteiger partial charge on any atom is -0.468 e. The van der Waals surface area contributed by atoms with Crippen molar-refractivity contribution >= 4 is 55.3 Å². The molecule has 0 radical (unpaired) electrons. The monoisotopic (exact) mass is 458 g/mol. The Balaban J connectivity index is 1.67. The van der Waals surface area contributed by atoms with Gasteiger partial charge < -0.3 is 14.4 Å². The summed E-state index contributed by atoms with van der Waals surface area (Å²) < 4.78 is 11.6. The first-order chi connectivity index (χ1) is 15.2. The molecule has 1 aliphatic heterocycles. The lowest BCUT2D eigenvalue weighted by molar-refractivity contribution is -0.140. The lowest BCUT2D eigenvalue weighted by Gasteiger charge is -2.31. The molecule has 1 saturated heterocycles. The first-order valence-corrected chi connectivity index (χ1v) is 12.6. The Kier molecular flexibility index (Phi) is 5.99. The van der Waals surface area contributed by atoms with Crippen LogP contribution in [0.4, 0.5) is 5.82 Å². The van der Waals surface area contributed by atoms with E-state index >= 15 is 0 Å². The number of carbonyl (C=O) groups excluding carboxylic acids is 1. The SMILES string of the molecule is CCC(Sc1ncnc2c1sc1nc(N3CCOCC3)c3c(c12)CCCC3)C(=O)OC. The highest BCUT2D eigenvalue weighted by molar-refractivity contribution is 8.00. The first-order valence-electron chi connectivity index (χ1n) is 10.9. The zero-order valence-electron chi connectivity index (χ0n) is 17.8. The van der Waals surface area contributed by atoms with E-state index in [0.29, 0.717) is 6.42 Å². The zero-order valence-corrected chi connectivity index (χ0v) is 19.5. The maximum absolute atomic E-state index is 12.2. The summed E-state index contributed by atoms with van der Waals surface area (Å²) in [6.45, 7) is 5.25. The van der Waals surface area contributed by atoms with Crippen molar-refractivity contribution in [2.24, 2.45) is 0 Å². The highest BCUT2D eigenvalue weighted by Crippen LogP contribution is 2.44. The van der Waals surface area contributed by atoms with Crippen LogP contribution in [0.15, 0.2) is 11.4 Å². The summed E-state index contributed by atoms with van der Waals surface area (Å²) >= 11 is 3.11. The largest absolute Gasteiger partial charge is 0.468 e. The van der Waals surface area contributed by atoms with E-state index in [1.54, 1.807) is 17.7 Å². The number of hydrogen-bond donors (Lipinski definition) is 0. The fourth-order valence-electron chi connectivity index (χ4n) is 4.50. The van der Waals surface area contributed by atoms with Gasteiger partial charge in [0.1, 0.15) is 27.3 Å². The highest BCUT2D eigenvalue weighted by atomic mass is 32.2. The number of fused-ring (bicyclic) bond motifs is 5. The third-order valence-electron chi connectivity index (χ3n) is 6.07. The second-order valence-electron chi connectivity index (χ2n) is 7.88. The molecule has 2 aliphatic rings. The Morgan fingerprint density at radius 3 is 2.77 bits per heavy atom. The third kappa shape index (κ3) is 3.76. The Bertz CT molecular complexity index is 1130. The minimum atomic E-state index is -0.279. The summed E-state index contributed by atoms with van der Waals surface area (Å²) in [5, 5.41) is 1.74. The second-order valence-corrected chi connectivity index (χ2v) is 10.1. The summed E-state index contributed by atoms with van der Waals surface area (Å²) in [5.74, 6) is 0.908. The van der Waals surface area contributed by atoms with E-state index in [4.69, 9.17) is 14.5 Å². The maximum Gasteiger partial charge on any atom is 0.319 e. The molecule has 4 heterocycles.